The van der Waals surface area contributed by atoms with Gasteiger partial charge in [-0.15, -0.1) is 0 Å². The Hall–Kier alpha value is -0.650. The number of nitrogens with zero attached hydrogens (tertiary/aromatic N) is 2. The molecular formula is C14H27N3O2. The summed E-state index contributed by atoms with van der Waals surface area (Å²) in [7, 11) is 1.73. The fourth-order valence-corrected chi connectivity index (χ4v) is 3.29. The highest BCUT2D eigenvalue weighted by Crippen LogP contribution is 2.32. The van der Waals surface area contributed by atoms with Gasteiger partial charge in [-0.2, -0.15) is 0 Å². The van der Waals surface area contributed by atoms with Crippen molar-refractivity contribution in [2.24, 2.45) is 17.6 Å². The molecule has 0 aromatic heterocycles. The molecule has 0 spiro atoms. The van der Waals surface area contributed by atoms with E-state index in [4.69, 9.17) is 10.5 Å². The maximum Gasteiger partial charge on any atom is 0.226 e. The van der Waals surface area contributed by atoms with Crippen molar-refractivity contribution in [3.05, 3.63) is 0 Å². The van der Waals surface area contributed by atoms with Crippen molar-refractivity contribution in [1.29, 1.82) is 0 Å². The molecule has 1 amide bonds. The summed E-state index contributed by atoms with van der Waals surface area (Å²) < 4.78 is 5.09. The molecule has 1 heterocycles. The quantitative estimate of drug-likeness (QED) is 0.772. The summed E-state index contributed by atoms with van der Waals surface area (Å²) >= 11 is 0. The first-order chi connectivity index (χ1) is 9.26. The smallest absolute Gasteiger partial charge is 0.226 e. The van der Waals surface area contributed by atoms with E-state index in [1.807, 2.05) is 4.90 Å². The Labute approximate surface area is 116 Å². The molecule has 0 unspecified atom stereocenters. The number of amides is 1. The minimum atomic E-state index is 0.190. The van der Waals surface area contributed by atoms with Crippen molar-refractivity contribution >= 4 is 5.91 Å². The van der Waals surface area contributed by atoms with Crippen LogP contribution in [0.3, 0.4) is 0 Å². The molecule has 1 saturated carbocycles. The third kappa shape index (κ3) is 3.68. The van der Waals surface area contributed by atoms with Crippen LogP contribution in [0.15, 0.2) is 0 Å². The number of nitrogens with two attached hydrogens (primary N) is 1. The van der Waals surface area contributed by atoms with Gasteiger partial charge in [-0.05, 0) is 25.3 Å². The van der Waals surface area contributed by atoms with Crippen molar-refractivity contribution in [3.63, 3.8) is 0 Å². The van der Waals surface area contributed by atoms with Crippen LogP contribution in [-0.4, -0.2) is 68.7 Å². The summed E-state index contributed by atoms with van der Waals surface area (Å²) in [5, 5.41) is 0. The molecule has 2 atom stereocenters. The molecule has 2 rings (SSSR count). The third-order valence-electron chi connectivity index (χ3n) is 4.57. The molecule has 2 fully saturated rings. The Morgan fingerprint density at radius 3 is 2.63 bits per heavy atom. The Kier molecular flexibility index (Phi) is 5.60. The van der Waals surface area contributed by atoms with Gasteiger partial charge in [0.1, 0.15) is 0 Å². The van der Waals surface area contributed by atoms with Gasteiger partial charge in [0.15, 0.2) is 0 Å². The molecule has 1 aliphatic carbocycles. The van der Waals surface area contributed by atoms with E-state index >= 15 is 0 Å². The lowest BCUT2D eigenvalue weighted by molar-refractivity contribution is -0.138. The summed E-state index contributed by atoms with van der Waals surface area (Å²) in [6.45, 7) is 6.04. The van der Waals surface area contributed by atoms with Crippen molar-refractivity contribution in [2.75, 3.05) is 53.0 Å². The second kappa shape index (κ2) is 7.22. The van der Waals surface area contributed by atoms with E-state index in [1.165, 1.54) is 0 Å². The van der Waals surface area contributed by atoms with Crippen LogP contribution in [0.1, 0.15) is 19.3 Å². The van der Waals surface area contributed by atoms with Crippen molar-refractivity contribution < 1.29 is 9.53 Å². The summed E-state index contributed by atoms with van der Waals surface area (Å²) in [5.41, 5.74) is 5.78. The third-order valence-corrected chi connectivity index (χ3v) is 4.57. The minimum absolute atomic E-state index is 0.190. The number of carbonyl (C=O) groups is 1. The average molecular weight is 269 g/mol. The first-order valence-electron chi connectivity index (χ1n) is 7.46. The molecule has 0 aromatic rings. The van der Waals surface area contributed by atoms with Gasteiger partial charge in [0.25, 0.3) is 0 Å². The van der Waals surface area contributed by atoms with Crippen LogP contribution >= 0.6 is 0 Å². The first-order valence-corrected chi connectivity index (χ1v) is 7.46. The predicted molar refractivity (Wildman–Crippen MR) is 74.8 cm³/mol. The highest BCUT2D eigenvalue weighted by atomic mass is 16.5. The fraction of sp³-hybridized carbons (Fsp3) is 0.929. The fourth-order valence-electron chi connectivity index (χ4n) is 3.29. The van der Waals surface area contributed by atoms with Crippen molar-refractivity contribution in [3.8, 4) is 0 Å². The van der Waals surface area contributed by atoms with Crippen molar-refractivity contribution in [2.45, 2.75) is 19.3 Å². The second-order valence-corrected chi connectivity index (χ2v) is 5.69. The predicted octanol–water partition coefficient (Wildman–Crippen LogP) is 0.152. The molecule has 1 aliphatic heterocycles. The normalized spacial score (nSPS) is 28.8. The topological polar surface area (TPSA) is 58.8 Å². The first kappa shape index (κ1) is 14.8. The molecule has 2 N–H and O–H groups in total. The number of methoxy groups -OCH3 is 1. The molecule has 5 heteroatoms. The number of rotatable bonds is 5. The molecule has 1 saturated heterocycles. The van der Waals surface area contributed by atoms with Gasteiger partial charge in [0.05, 0.1) is 6.61 Å². The lowest BCUT2D eigenvalue weighted by atomic mass is 9.94. The maximum atomic E-state index is 12.5. The summed E-state index contributed by atoms with van der Waals surface area (Å²) in [5.74, 6) is 0.953. The average Bonchev–Trinajstić information content (AvgIpc) is 2.93. The Morgan fingerprint density at radius 1 is 1.26 bits per heavy atom. The molecule has 0 bridgehead atoms. The molecule has 0 radical (unpaired) electrons. The van der Waals surface area contributed by atoms with E-state index in [9.17, 15) is 4.79 Å². The maximum absolute atomic E-state index is 12.5. The van der Waals surface area contributed by atoms with E-state index in [0.29, 0.717) is 18.4 Å². The van der Waals surface area contributed by atoms with Crippen LogP contribution in [0.25, 0.3) is 0 Å². The van der Waals surface area contributed by atoms with Crippen LogP contribution in [0, 0.1) is 11.8 Å². The number of ether oxygens (including phenoxy) is 1. The van der Waals surface area contributed by atoms with Gasteiger partial charge in [-0.1, -0.05) is 6.42 Å². The summed E-state index contributed by atoms with van der Waals surface area (Å²) in [6, 6.07) is 0. The highest BCUT2D eigenvalue weighted by Gasteiger charge is 2.35. The van der Waals surface area contributed by atoms with Gasteiger partial charge in [0.2, 0.25) is 5.91 Å². The van der Waals surface area contributed by atoms with E-state index in [2.05, 4.69) is 4.90 Å². The van der Waals surface area contributed by atoms with Crippen LogP contribution in [0.5, 0.6) is 0 Å². The summed E-state index contributed by atoms with van der Waals surface area (Å²) in [6.07, 6.45) is 3.32. The second-order valence-electron chi connectivity index (χ2n) is 5.69. The van der Waals surface area contributed by atoms with Gasteiger partial charge < -0.3 is 15.4 Å². The largest absolute Gasteiger partial charge is 0.383 e. The number of carbonyl (C=O) groups excluding carboxylic acids is 1. The Balaban J connectivity index is 1.79. The van der Waals surface area contributed by atoms with Gasteiger partial charge in [-0.25, -0.2) is 0 Å². The lowest BCUT2D eigenvalue weighted by Gasteiger charge is -2.36. The van der Waals surface area contributed by atoms with E-state index in [1.54, 1.807) is 7.11 Å². The monoisotopic (exact) mass is 269 g/mol. The van der Waals surface area contributed by atoms with E-state index in [0.717, 1.165) is 58.6 Å². The molecule has 2 aliphatic rings. The van der Waals surface area contributed by atoms with E-state index in [-0.39, 0.29) is 5.92 Å². The number of hydrogen-bond acceptors (Lipinski definition) is 4. The van der Waals surface area contributed by atoms with Gasteiger partial charge in [0, 0.05) is 45.8 Å². The lowest BCUT2D eigenvalue weighted by Crippen LogP contribution is -2.51. The SMILES string of the molecule is COCCN1CCN(C(=O)[C@@H]2CCC[C@@H]2CN)CC1. The minimum Gasteiger partial charge on any atom is -0.383 e. The Bertz CT molecular complexity index is 290. The molecule has 19 heavy (non-hydrogen) atoms. The van der Waals surface area contributed by atoms with E-state index < -0.39 is 0 Å². The van der Waals surface area contributed by atoms with Crippen LogP contribution in [0.4, 0.5) is 0 Å². The molecule has 5 nitrogen and oxygen atoms in total. The number of hydrogen-bond donors (Lipinski definition) is 1. The van der Waals surface area contributed by atoms with Gasteiger partial charge >= 0.3 is 0 Å². The molecule has 110 valence electrons. The zero-order chi connectivity index (χ0) is 13.7. The van der Waals surface area contributed by atoms with Crippen LogP contribution in [0.2, 0.25) is 0 Å². The van der Waals surface area contributed by atoms with Crippen LogP contribution in [-0.2, 0) is 9.53 Å². The zero-order valence-corrected chi connectivity index (χ0v) is 12.0. The molecular weight excluding hydrogens is 242 g/mol. The number of piperazine rings is 1. The van der Waals surface area contributed by atoms with Gasteiger partial charge in [-0.3, -0.25) is 9.69 Å². The standard InChI is InChI=1S/C14H27N3O2/c1-19-10-9-16-5-7-17(8-6-16)14(18)13-4-2-3-12(13)11-15/h12-13H,2-11,15H2,1H3/t12-,13-/m1/s1. The van der Waals surface area contributed by atoms with Crippen molar-refractivity contribution in [1.82, 2.24) is 9.80 Å². The summed E-state index contributed by atoms with van der Waals surface area (Å²) in [4.78, 5) is 16.9. The molecule has 0 aromatic carbocycles. The van der Waals surface area contributed by atoms with Crippen LogP contribution < -0.4 is 5.73 Å². The Morgan fingerprint density at radius 2 is 2.00 bits per heavy atom. The zero-order valence-electron chi connectivity index (χ0n) is 12.0. The highest BCUT2D eigenvalue weighted by molar-refractivity contribution is 5.79.